The zero-order chi connectivity index (χ0) is 17.2. The number of phenols is 2. The lowest BCUT2D eigenvalue weighted by Crippen LogP contribution is -2.22. The zero-order valence-corrected chi connectivity index (χ0v) is 14.1. The van der Waals surface area contributed by atoms with Crippen molar-refractivity contribution >= 4 is 29.5 Å². The molecule has 3 N–H and O–H groups in total. The molecule has 0 unspecified atom stereocenters. The van der Waals surface area contributed by atoms with Gasteiger partial charge in [-0.2, -0.15) is 5.26 Å². The van der Waals surface area contributed by atoms with Gasteiger partial charge in [0.05, 0.1) is 26.2 Å². The van der Waals surface area contributed by atoms with Gasteiger partial charge in [-0.3, -0.25) is 0 Å². The molecule has 8 heteroatoms. The van der Waals surface area contributed by atoms with E-state index in [0.717, 1.165) is 23.5 Å². The minimum absolute atomic E-state index is 0.0143. The van der Waals surface area contributed by atoms with Gasteiger partial charge in [-0.25, -0.2) is 4.79 Å². The van der Waals surface area contributed by atoms with E-state index in [2.05, 4.69) is 0 Å². The van der Waals surface area contributed by atoms with Crippen LogP contribution in [0.5, 0.6) is 11.5 Å². The van der Waals surface area contributed by atoms with Crippen LogP contribution in [0.3, 0.4) is 0 Å². The van der Waals surface area contributed by atoms with E-state index in [1.807, 2.05) is 0 Å². The topological polar surface area (TPSA) is 111 Å². The molecule has 122 valence electrons. The van der Waals surface area contributed by atoms with E-state index in [9.17, 15) is 25.4 Å². The maximum Gasteiger partial charge on any atom is 0.350 e. The van der Waals surface area contributed by atoms with Crippen LogP contribution in [-0.2, 0) is 9.53 Å². The molecule has 0 amide bonds. The first-order chi connectivity index (χ1) is 10.7. The largest absolute Gasteiger partial charge is 0.507 e. The van der Waals surface area contributed by atoms with Crippen molar-refractivity contribution in [3.8, 4) is 17.6 Å². The van der Waals surface area contributed by atoms with E-state index in [1.54, 1.807) is 19.9 Å². The number of thioether (sulfide) groups is 2. The highest BCUT2D eigenvalue weighted by molar-refractivity contribution is 8.24. The number of hydrogen-bond acceptors (Lipinski definition) is 8. The fourth-order valence-electron chi connectivity index (χ4n) is 1.69. The quantitative estimate of drug-likeness (QED) is 0.328. The van der Waals surface area contributed by atoms with Gasteiger partial charge in [-0.15, -0.1) is 0 Å². The van der Waals surface area contributed by atoms with E-state index in [4.69, 9.17) is 4.74 Å². The molecule has 0 aliphatic carbocycles. The number of carbonyl (C=O) groups is 1. The minimum atomic E-state index is -0.967. The number of esters is 1. The van der Waals surface area contributed by atoms with Crippen LogP contribution in [-0.4, -0.2) is 33.5 Å². The molecule has 0 atom stereocenters. The molecular weight excluding hydrogens is 338 g/mol. The van der Waals surface area contributed by atoms with Crippen LogP contribution in [0.2, 0.25) is 0 Å². The summed E-state index contributed by atoms with van der Waals surface area (Å²) in [4.78, 5) is 12.8. The van der Waals surface area contributed by atoms with Gasteiger partial charge in [0.2, 0.25) is 0 Å². The second kappa shape index (κ2) is 6.74. The first-order valence-corrected chi connectivity index (χ1v) is 8.31. The molecular formula is C15H15NO5S2. The Bertz CT molecular complexity index is 683. The fraction of sp³-hybridized carbons (Fsp3) is 0.333. The van der Waals surface area contributed by atoms with E-state index >= 15 is 0 Å². The van der Waals surface area contributed by atoms with Crippen molar-refractivity contribution < 1.29 is 24.9 Å². The number of aliphatic hydroxyl groups is 1. The molecule has 2 rings (SSSR count). The molecule has 1 aromatic rings. The molecule has 1 aromatic carbocycles. The van der Waals surface area contributed by atoms with Gasteiger partial charge in [-0.1, -0.05) is 23.5 Å². The second-order valence-corrected chi connectivity index (χ2v) is 7.74. The molecule has 0 bridgehead atoms. The number of rotatable bonds is 4. The maximum absolute atomic E-state index is 12.0. The average Bonchev–Trinajstić information content (AvgIpc) is 2.88. The Morgan fingerprint density at radius 3 is 2.22 bits per heavy atom. The third kappa shape index (κ3) is 4.13. The van der Waals surface area contributed by atoms with Crippen LogP contribution >= 0.6 is 23.5 Å². The predicted octanol–water partition coefficient (Wildman–Crippen LogP) is 2.73. The summed E-state index contributed by atoms with van der Waals surface area (Å²) >= 11 is 2.07. The van der Waals surface area contributed by atoms with Gasteiger partial charge in [-0.05, 0) is 26.0 Å². The van der Waals surface area contributed by atoms with E-state index in [0.29, 0.717) is 14.0 Å². The van der Waals surface area contributed by atoms with E-state index in [1.165, 1.54) is 12.1 Å². The molecule has 0 saturated heterocycles. The highest BCUT2D eigenvalue weighted by atomic mass is 32.2. The fourth-order valence-corrected chi connectivity index (χ4v) is 4.18. The number of aromatic hydroxyl groups is 2. The number of carbonyl (C=O) groups excluding carboxylic acids is 1. The van der Waals surface area contributed by atoms with Crippen LogP contribution in [0.15, 0.2) is 31.7 Å². The summed E-state index contributed by atoms with van der Waals surface area (Å²) in [6, 6.07) is 4.49. The summed E-state index contributed by atoms with van der Waals surface area (Å²) in [5.74, 6) is -0.852. The molecule has 1 aliphatic rings. The molecule has 0 spiro atoms. The molecule has 0 radical (unpaired) electrons. The number of hydrogen-bond donors (Lipinski definition) is 3. The Balaban J connectivity index is 2.17. The summed E-state index contributed by atoms with van der Waals surface area (Å²) in [6.45, 7) is 3.17. The van der Waals surface area contributed by atoms with Crippen molar-refractivity contribution in [1.29, 1.82) is 5.26 Å². The van der Waals surface area contributed by atoms with Gasteiger partial charge in [0, 0.05) is 6.42 Å². The third-order valence-corrected chi connectivity index (χ3v) is 5.57. The lowest BCUT2D eigenvalue weighted by atomic mass is 10.1. The maximum atomic E-state index is 12.0. The molecule has 23 heavy (non-hydrogen) atoms. The van der Waals surface area contributed by atoms with Gasteiger partial charge in [0.15, 0.2) is 5.57 Å². The van der Waals surface area contributed by atoms with Crippen molar-refractivity contribution in [1.82, 2.24) is 0 Å². The SMILES string of the molecule is CC(C)(O)CCOC(=O)C(C#N)=C1Sc2c(O)ccc(O)c2S1. The van der Waals surface area contributed by atoms with Gasteiger partial charge < -0.3 is 20.1 Å². The summed E-state index contributed by atoms with van der Waals surface area (Å²) in [6.07, 6.45) is 0.245. The summed E-state index contributed by atoms with van der Waals surface area (Å²) in [5.41, 5.74) is -1.16. The Kier molecular flexibility index (Phi) is 5.14. The molecule has 1 heterocycles. The van der Waals surface area contributed by atoms with Crippen LogP contribution in [0, 0.1) is 11.3 Å². The number of fused-ring (bicyclic) bond motifs is 1. The Labute approximate surface area is 141 Å². The van der Waals surface area contributed by atoms with Crippen LogP contribution in [0.4, 0.5) is 0 Å². The molecule has 0 aromatic heterocycles. The smallest absolute Gasteiger partial charge is 0.350 e. The van der Waals surface area contributed by atoms with Crippen molar-refractivity contribution in [2.75, 3.05) is 6.61 Å². The average molecular weight is 353 g/mol. The summed E-state index contributed by atoms with van der Waals surface area (Å²) in [5, 5.41) is 38.4. The Morgan fingerprint density at radius 1 is 1.26 bits per heavy atom. The third-order valence-electron chi connectivity index (χ3n) is 2.93. The van der Waals surface area contributed by atoms with E-state index in [-0.39, 0.29) is 30.1 Å². The zero-order valence-electron chi connectivity index (χ0n) is 12.5. The van der Waals surface area contributed by atoms with Crippen LogP contribution < -0.4 is 0 Å². The summed E-state index contributed by atoms with van der Waals surface area (Å²) < 4.78 is 5.35. The Morgan fingerprint density at radius 2 is 1.78 bits per heavy atom. The normalized spacial score (nSPS) is 13.4. The van der Waals surface area contributed by atoms with Crippen molar-refractivity contribution in [2.24, 2.45) is 0 Å². The van der Waals surface area contributed by atoms with Crippen molar-refractivity contribution in [3.05, 3.63) is 21.9 Å². The van der Waals surface area contributed by atoms with Crippen LogP contribution in [0.1, 0.15) is 20.3 Å². The van der Waals surface area contributed by atoms with Crippen molar-refractivity contribution in [3.63, 3.8) is 0 Å². The lowest BCUT2D eigenvalue weighted by molar-refractivity contribution is -0.139. The van der Waals surface area contributed by atoms with Gasteiger partial charge in [0.1, 0.15) is 17.6 Å². The highest BCUT2D eigenvalue weighted by Crippen LogP contribution is 2.58. The molecule has 0 saturated carbocycles. The first kappa shape index (κ1) is 17.5. The molecule has 1 aliphatic heterocycles. The lowest BCUT2D eigenvalue weighted by Gasteiger charge is -2.16. The molecule has 0 fully saturated rings. The van der Waals surface area contributed by atoms with Gasteiger partial charge >= 0.3 is 5.97 Å². The second-order valence-electron chi connectivity index (χ2n) is 5.44. The number of phenolic OH excluding ortho intramolecular Hbond substituents is 2. The Hall–Kier alpha value is -1.82. The number of ether oxygens (including phenoxy) is 1. The van der Waals surface area contributed by atoms with E-state index < -0.39 is 11.6 Å². The minimum Gasteiger partial charge on any atom is -0.507 e. The molecule has 6 nitrogen and oxygen atoms in total. The van der Waals surface area contributed by atoms with Crippen molar-refractivity contribution in [2.45, 2.75) is 35.7 Å². The van der Waals surface area contributed by atoms with Gasteiger partial charge in [0.25, 0.3) is 0 Å². The highest BCUT2D eigenvalue weighted by Gasteiger charge is 2.30. The monoisotopic (exact) mass is 353 g/mol. The predicted molar refractivity (Wildman–Crippen MR) is 86.0 cm³/mol. The number of nitriles is 1. The number of benzene rings is 1. The summed E-state index contributed by atoms with van der Waals surface area (Å²) in [7, 11) is 0. The number of nitrogens with zero attached hydrogens (tertiary/aromatic N) is 1. The standard InChI is InChI=1S/C15H15NO5S2/c1-15(2,20)5-6-21-13(19)8(7-16)14-22-11-9(17)3-4-10(18)12(11)23-14/h3-4,17-18,20H,5-6H2,1-2H3. The van der Waals surface area contributed by atoms with Crippen LogP contribution in [0.25, 0.3) is 0 Å². The first-order valence-electron chi connectivity index (χ1n) is 6.67.